The Kier molecular flexibility index (Phi) is 5.97. The smallest absolute Gasteiger partial charge is 0.326 e. The molecule has 5 heteroatoms. The van der Waals surface area contributed by atoms with Crippen molar-refractivity contribution < 1.29 is 19.8 Å². The lowest BCUT2D eigenvalue weighted by atomic mass is 10.1. The van der Waals surface area contributed by atoms with Gasteiger partial charge >= 0.3 is 11.9 Å². The van der Waals surface area contributed by atoms with Crippen LogP contribution in [0.5, 0.6) is 0 Å². The summed E-state index contributed by atoms with van der Waals surface area (Å²) in [4.78, 5) is 21.4. The lowest BCUT2D eigenvalue weighted by Crippen LogP contribution is -2.17. The van der Waals surface area contributed by atoms with E-state index in [1.165, 1.54) is 0 Å². The fraction of sp³-hybridized carbons (Fsp3) is 0.538. The minimum absolute atomic E-state index is 0.194. The molecule has 0 saturated heterocycles. The highest BCUT2D eigenvalue weighted by molar-refractivity contribution is 5.71. The van der Waals surface area contributed by atoms with E-state index < -0.39 is 18.0 Å². The van der Waals surface area contributed by atoms with Crippen LogP contribution in [0.25, 0.3) is 0 Å². The molecule has 1 aromatic rings. The number of nitrogens with zero attached hydrogens (tertiary/aromatic N) is 1. The maximum atomic E-state index is 11.1. The fourth-order valence-electron chi connectivity index (χ4n) is 1.92. The van der Waals surface area contributed by atoms with Crippen LogP contribution in [0.2, 0.25) is 0 Å². The third-order valence-electron chi connectivity index (χ3n) is 2.89. The van der Waals surface area contributed by atoms with E-state index in [2.05, 4.69) is 0 Å². The van der Waals surface area contributed by atoms with E-state index in [9.17, 15) is 9.59 Å². The monoisotopic (exact) mass is 253 g/mol. The highest BCUT2D eigenvalue weighted by Gasteiger charge is 2.17. The van der Waals surface area contributed by atoms with Gasteiger partial charge in [0.05, 0.1) is 0 Å². The van der Waals surface area contributed by atoms with Gasteiger partial charge in [0.15, 0.2) is 0 Å². The molecule has 0 aliphatic heterocycles. The quantitative estimate of drug-likeness (QED) is 0.663. The number of unbranched alkanes of at least 4 members (excludes halogenated alkanes) is 3. The average Bonchev–Trinajstić information content (AvgIpc) is 2.80. The Morgan fingerprint density at radius 1 is 1.00 bits per heavy atom. The van der Waals surface area contributed by atoms with E-state index in [0.717, 1.165) is 19.3 Å². The average molecular weight is 253 g/mol. The molecule has 18 heavy (non-hydrogen) atoms. The van der Waals surface area contributed by atoms with Gasteiger partial charge in [0.2, 0.25) is 0 Å². The van der Waals surface area contributed by atoms with Crippen LogP contribution < -0.4 is 0 Å². The summed E-state index contributed by atoms with van der Waals surface area (Å²) in [6, 6.07) is 3.10. The maximum Gasteiger partial charge on any atom is 0.326 e. The van der Waals surface area contributed by atoms with Gasteiger partial charge in [0.25, 0.3) is 0 Å². The summed E-state index contributed by atoms with van der Waals surface area (Å²) >= 11 is 0. The van der Waals surface area contributed by atoms with Crippen molar-refractivity contribution in [3.8, 4) is 0 Å². The molecule has 5 nitrogen and oxygen atoms in total. The number of rotatable bonds is 9. The van der Waals surface area contributed by atoms with Gasteiger partial charge in [0.1, 0.15) is 6.04 Å². The number of aliphatic carboxylic acids is 2. The van der Waals surface area contributed by atoms with E-state index >= 15 is 0 Å². The number of carbonyl (C=O) groups is 2. The molecule has 2 N–H and O–H groups in total. The molecule has 1 atom stereocenters. The first-order valence-electron chi connectivity index (χ1n) is 6.18. The molecule has 100 valence electrons. The van der Waals surface area contributed by atoms with Crippen LogP contribution in [-0.4, -0.2) is 26.7 Å². The molecular weight excluding hydrogens is 234 g/mol. The van der Waals surface area contributed by atoms with Gasteiger partial charge in [-0.25, -0.2) is 4.79 Å². The Hall–Kier alpha value is -1.78. The molecule has 0 saturated carbocycles. The summed E-state index contributed by atoms with van der Waals surface area (Å²) in [6.07, 6.45) is 7.46. The van der Waals surface area contributed by atoms with Crippen molar-refractivity contribution in [3.05, 3.63) is 24.5 Å². The normalized spacial score (nSPS) is 12.2. The second-order valence-electron chi connectivity index (χ2n) is 4.33. The molecule has 1 heterocycles. The van der Waals surface area contributed by atoms with E-state index in [-0.39, 0.29) is 6.42 Å². The van der Waals surface area contributed by atoms with Gasteiger partial charge in [-0.15, -0.1) is 0 Å². The number of hydrogen-bond donors (Lipinski definition) is 2. The third-order valence-corrected chi connectivity index (χ3v) is 2.89. The van der Waals surface area contributed by atoms with Crippen LogP contribution in [0.4, 0.5) is 0 Å². The first-order chi connectivity index (χ1) is 8.61. The predicted molar refractivity (Wildman–Crippen MR) is 66.4 cm³/mol. The zero-order valence-corrected chi connectivity index (χ0v) is 10.3. The van der Waals surface area contributed by atoms with E-state index in [4.69, 9.17) is 10.2 Å². The molecule has 0 radical (unpaired) electrons. The Balaban J connectivity index is 2.23. The van der Waals surface area contributed by atoms with Crippen molar-refractivity contribution in [2.24, 2.45) is 0 Å². The fourth-order valence-corrected chi connectivity index (χ4v) is 1.92. The minimum Gasteiger partial charge on any atom is -0.481 e. The van der Waals surface area contributed by atoms with Crippen molar-refractivity contribution in [1.29, 1.82) is 0 Å². The summed E-state index contributed by atoms with van der Waals surface area (Å²) in [5, 5.41) is 17.6. The van der Waals surface area contributed by atoms with Gasteiger partial charge in [-0.3, -0.25) is 4.79 Å². The second-order valence-corrected chi connectivity index (χ2v) is 4.33. The maximum absolute atomic E-state index is 11.1. The lowest BCUT2D eigenvalue weighted by molar-refractivity contribution is -0.141. The second kappa shape index (κ2) is 7.53. The molecular formula is C13H19NO4. The molecule has 0 amide bonds. The van der Waals surface area contributed by atoms with E-state index in [1.807, 2.05) is 12.1 Å². The molecule has 0 aliphatic rings. The van der Waals surface area contributed by atoms with Gasteiger partial charge in [-0.1, -0.05) is 19.3 Å². The van der Waals surface area contributed by atoms with E-state index in [1.54, 1.807) is 17.0 Å². The number of hydrogen-bond acceptors (Lipinski definition) is 2. The minimum atomic E-state index is -0.822. The van der Waals surface area contributed by atoms with E-state index in [0.29, 0.717) is 12.8 Å². The molecule has 0 aromatic carbocycles. The highest BCUT2D eigenvalue weighted by Crippen LogP contribution is 2.17. The lowest BCUT2D eigenvalue weighted by Gasteiger charge is -2.13. The Morgan fingerprint density at radius 2 is 1.61 bits per heavy atom. The topological polar surface area (TPSA) is 79.5 Å². The summed E-state index contributed by atoms with van der Waals surface area (Å²) in [6.45, 7) is 0. The zero-order chi connectivity index (χ0) is 13.4. The number of carboxylic acid groups (broad SMARTS) is 2. The number of carboxylic acids is 2. The molecule has 0 fully saturated rings. The van der Waals surface area contributed by atoms with Crippen LogP contribution in [0.3, 0.4) is 0 Å². The van der Waals surface area contributed by atoms with Gasteiger partial charge in [-0.05, 0) is 25.0 Å². The van der Waals surface area contributed by atoms with Crippen molar-refractivity contribution in [3.63, 3.8) is 0 Å². The van der Waals surface area contributed by atoms with Crippen molar-refractivity contribution in [2.45, 2.75) is 44.6 Å². The zero-order valence-electron chi connectivity index (χ0n) is 10.3. The van der Waals surface area contributed by atoms with Crippen molar-refractivity contribution in [2.75, 3.05) is 0 Å². The van der Waals surface area contributed by atoms with Gasteiger partial charge in [-0.2, -0.15) is 0 Å². The first kappa shape index (κ1) is 14.3. The van der Waals surface area contributed by atoms with Crippen LogP contribution >= 0.6 is 0 Å². The predicted octanol–water partition coefficient (Wildman–Crippen LogP) is 2.54. The van der Waals surface area contributed by atoms with Crippen LogP contribution in [-0.2, 0) is 9.59 Å². The van der Waals surface area contributed by atoms with Crippen molar-refractivity contribution in [1.82, 2.24) is 4.57 Å². The Morgan fingerprint density at radius 3 is 2.17 bits per heavy atom. The Bertz CT molecular complexity index is 372. The van der Waals surface area contributed by atoms with Crippen LogP contribution in [0.1, 0.15) is 44.6 Å². The first-order valence-corrected chi connectivity index (χ1v) is 6.18. The Labute approximate surface area is 106 Å². The summed E-state index contributed by atoms with van der Waals surface area (Å²) in [5.41, 5.74) is 0. The molecule has 0 bridgehead atoms. The standard InChI is InChI=1S/C13H19NO4/c15-12(16)8-4-2-1-3-7-11(13(17)18)14-9-5-6-10-14/h5-6,9-11H,1-4,7-8H2,(H,15,16)(H,17,18). The molecule has 1 unspecified atom stereocenters. The molecule has 1 aromatic heterocycles. The summed E-state index contributed by atoms with van der Waals surface area (Å²) in [5.74, 6) is -1.59. The molecule has 0 spiro atoms. The van der Waals surface area contributed by atoms with Crippen molar-refractivity contribution >= 4 is 11.9 Å². The largest absolute Gasteiger partial charge is 0.481 e. The number of aromatic nitrogens is 1. The molecule has 0 aliphatic carbocycles. The summed E-state index contributed by atoms with van der Waals surface area (Å²) in [7, 11) is 0. The SMILES string of the molecule is O=C(O)CCCCCCC(C(=O)O)n1cccc1. The van der Waals surface area contributed by atoms with Crippen LogP contribution in [0.15, 0.2) is 24.5 Å². The van der Waals surface area contributed by atoms with Gasteiger partial charge in [0, 0.05) is 18.8 Å². The van der Waals surface area contributed by atoms with Gasteiger partial charge < -0.3 is 14.8 Å². The summed E-state index contributed by atoms with van der Waals surface area (Å²) < 4.78 is 1.69. The van der Waals surface area contributed by atoms with Crippen LogP contribution in [0, 0.1) is 0 Å². The molecule has 1 rings (SSSR count). The highest BCUT2D eigenvalue weighted by atomic mass is 16.4. The third kappa shape index (κ3) is 5.03.